The molecule has 120 valence electrons. The largest absolute Gasteiger partial charge is 0.500 e. The van der Waals surface area contributed by atoms with Crippen molar-refractivity contribution in [2.24, 2.45) is 0 Å². The van der Waals surface area contributed by atoms with E-state index in [9.17, 15) is 0 Å². The van der Waals surface area contributed by atoms with Gasteiger partial charge >= 0.3 is 8.80 Å². The van der Waals surface area contributed by atoms with E-state index < -0.39 is 8.80 Å². The van der Waals surface area contributed by atoms with E-state index in [1.807, 2.05) is 12.1 Å². The zero-order chi connectivity index (χ0) is 15.8. The van der Waals surface area contributed by atoms with E-state index in [0.717, 1.165) is 42.9 Å². The predicted molar refractivity (Wildman–Crippen MR) is 90.9 cm³/mol. The van der Waals surface area contributed by atoms with Crippen molar-refractivity contribution in [1.29, 1.82) is 0 Å². The van der Waals surface area contributed by atoms with E-state index in [2.05, 4.69) is 24.3 Å². The highest BCUT2D eigenvalue weighted by Gasteiger charge is 2.36. The molecule has 22 heavy (non-hydrogen) atoms. The smallest absolute Gasteiger partial charge is 0.377 e. The van der Waals surface area contributed by atoms with E-state index in [4.69, 9.17) is 18.3 Å². The molecule has 0 amide bonds. The minimum atomic E-state index is -2.40. The van der Waals surface area contributed by atoms with Crippen molar-refractivity contribution in [3.63, 3.8) is 0 Å². The van der Waals surface area contributed by atoms with Gasteiger partial charge in [0, 0.05) is 38.5 Å². The number of para-hydroxylation sites is 1. The fourth-order valence-corrected chi connectivity index (χ4v) is 4.42. The summed E-state index contributed by atoms with van der Waals surface area (Å²) in [6.07, 6.45) is 4.30. The number of benzene rings is 1. The minimum absolute atomic E-state index is 0.863. The van der Waals surface area contributed by atoms with Gasteiger partial charge in [-0.1, -0.05) is 30.7 Å². The fraction of sp³-hybridized carbons (Fsp3) is 0.471. The summed E-state index contributed by atoms with van der Waals surface area (Å²) in [5, 5.41) is 1.20. The molecule has 0 aliphatic rings. The molecule has 0 unspecified atom stereocenters. The average molecular weight is 319 g/mol. The van der Waals surface area contributed by atoms with Crippen LogP contribution in [0.1, 0.15) is 25.0 Å². The van der Waals surface area contributed by atoms with Gasteiger partial charge in [-0.3, -0.25) is 4.98 Å². The maximum atomic E-state index is 5.43. The number of fused-ring (bicyclic) bond motifs is 1. The Labute approximate surface area is 133 Å². The van der Waals surface area contributed by atoms with Crippen LogP contribution in [0.5, 0.6) is 0 Å². The molecule has 4 nitrogen and oxygen atoms in total. The quantitative estimate of drug-likeness (QED) is 0.520. The van der Waals surface area contributed by atoms with Crippen molar-refractivity contribution in [1.82, 2.24) is 4.98 Å². The van der Waals surface area contributed by atoms with Crippen molar-refractivity contribution >= 4 is 19.7 Å². The van der Waals surface area contributed by atoms with Gasteiger partial charge in [0.05, 0.1) is 5.52 Å². The Morgan fingerprint density at radius 2 is 1.59 bits per heavy atom. The molecule has 0 fully saturated rings. The molecule has 0 N–H and O–H groups in total. The number of pyridine rings is 1. The molecule has 0 saturated heterocycles. The molecule has 0 spiro atoms. The Morgan fingerprint density at radius 1 is 0.864 bits per heavy atom. The second kappa shape index (κ2) is 8.38. The van der Waals surface area contributed by atoms with Gasteiger partial charge in [-0.15, -0.1) is 0 Å². The zero-order valence-corrected chi connectivity index (χ0v) is 14.7. The number of rotatable bonds is 9. The highest BCUT2D eigenvalue weighted by Crippen LogP contribution is 2.18. The standard InChI is InChI=1S/C17H25NO3Si/c1-19-22(20-2,21-3)14-8-4-5-10-16-13-12-15-9-6-7-11-17(15)18-16/h6-7,9,11-13H,4-5,8,10,14H2,1-3H3. The molecule has 2 aromatic rings. The fourth-order valence-electron chi connectivity index (χ4n) is 2.63. The minimum Gasteiger partial charge on any atom is -0.377 e. The molecule has 1 aromatic heterocycles. The first kappa shape index (κ1) is 17.1. The third-order valence-electron chi connectivity index (χ3n) is 4.00. The van der Waals surface area contributed by atoms with Gasteiger partial charge in [0.25, 0.3) is 0 Å². The highest BCUT2D eigenvalue weighted by molar-refractivity contribution is 6.60. The SMILES string of the molecule is CO[Si](CCCCCc1ccc2ccccc2n1)(OC)OC. The van der Waals surface area contributed by atoms with Crippen LogP contribution in [0.3, 0.4) is 0 Å². The van der Waals surface area contributed by atoms with Crippen molar-refractivity contribution < 1.29 is 13.3 Å². The van der Waals surface area contributed by atoms with Crippen molar-refractivity contribution in [2.75, 3.05) is 21.3 Å². The first-order chi connectivity index (χ1) is 10.7. The third kappa shape index (κ3) is 4.36. The van der Waals surface area contributed by atoms with Crippen molar-refractivity contribution in [2.45, 2.75) is 31.7 Å². The normalized spacial score (nSPS) is 12.0. The van der Waals surface area contributed by atoms with E-state index in [1.165, 1.54) is 5.39 Å². The van der Waals surface area contributed by atoms with Gasteiger partial charge in [0.1, 0.15) is 0 Å². The lowest BCUT2D eigenvalue weighted by Gasteiger charge is -2.24. The summed E-state index contributed by atoms with van der Waals surface area (Å²) in [6, 6.07) is 13.4. The molecular weight excluding hydrogens is 294 g/mol. The van der Waals surface area contributed by atoms with Crippen LogP contribution < -0.4 is 0 Å². The van der Waals surface area contributed by atoms with Gasteiger partial charge in [0.2, 0.25) is 0 Å². The molecule has 0 bridgehead atoms. The van der Waals surface area contributed by atoms with Crippen molar-refractivity contribution in [3.05, 3.63) is 42.1 Å². The lowest BCUT2D eigenvalue weighted by atomic mass is 10.1. The maximum absolute atomic E-state index is 5.43. The van der Waals surface area contributed by atoms with Crippen LogP contribution in [0.4, 0.5) is 0 Å². The summed E-state index contributed by atoms with van der Waals surface area (Å²) < 4.78 is 16.3. The second-order valence-corrected chi connectivity index (χ2v) is 8.44. The van der Waals surface area contributed by atoms with Crippen LogP contribution in [-0.4, -0.2) is 35.1 Å². The summed E-state index contributed by atoms with van der Waals surface area (Å²) in [5.41, 5.74) is 2.23. The first-order valence-electron chi connectivity index (χ1n) is 7.73. The van der Waals surface area contributed by atoms with E-state index in [-0.39, 0.29) is 0 Å². The van der Waals surface area contributed by atoms with Gasteiger partial charge < -0.3 is 13.3 Å². The number of aromatic nitrogens is 1. The number of hydrogen-bond acceptors (Lipinski definition) is 4. The predicted octanol–water partition coefficient (Wildman–Crippen LogP) is 3.83. The highest BCUT2D eigenvalue weighted by atomic mass is 28.4. The molecule has 2 rings (SSSR count). The average Bonchev–Trinajstić information content (AvgIpc) is 2.58. The molecule has 5 heteroatoms. The summed E-state index contributed by atoms with van der Waals surface area (Å²) in [5.74, 6) is 0. The Hall–Kier alpha value is -1.27. The number of unbranched alkanes of at least 4 members (excludes halogenated alkanes) is 2. The molecule has 0 aliphatic heterocycles. The maximum Gasteiger partial charge on any atom is 0.500 e. The monoisotopic (exact) mass is 319 g/mol. The first-order valence-corrected chi connectivity index (χ1v) is 9.66. The Bertz CT molecular complexity index is 579. The van der Waals surface area contributed by atoms with Crippen LogP contribution in [0.15, 0.2) is 36.4 Å². The molecule has 0 aliphatic carbocycles. The molecule has 0 saturated carbocycles. The topological polar surface area (TPSA) is 40.6 Å². The Kier molecular flexibility index (Phi) is 6.51. The van der Waals surface area contributed by atoms with Gasteiger partial charge in [-0.25, -0.2) is 0 Å². The third-order valence-corrected chi connectivity index (χ3v) is 6.84. The second-order valence-electron chi connectivity index (χ2n) is 5.35. The van der Waals surface area contributed by atoms with Crippen LogP contribution in [0, 0.1) is 0 Å². The lowest BCUT2D eigenvalue weighted by molar-refractivity contribution is 0.122. The molecular formula is C17H25NO3Si. The van der Waals surface area contributed by atoms with Gasteiger partial charge in [0.15, 0.2) is 0 Å². The molecule has 1 aromatic carbocycles. The number of hydrogen-bond donors (Lipinski definition) is 0. The van der Waals surface area contributed by atoms with E-state index >= 15 is 0 Å². The summed E-state index contributed by atoms with van der Waals surface area (Å²) >= 11 is 0. The summed E-state index contributed by atoms with van der Waals surface area (Å²) in [6.45, 7) is 0. The Morgan fingerprint density at radius 3 is 2.32 bits per heavy atom. The van der Waals surface area contributed by atoms with Gasteiger partial charge in [-0.05, 0) is 31.4 Å². The van der Waals surface area contributed by atoms with Gasteiger partial charge in [-0.2, -0.15) is 0 Å². The molecule has 0 radical (unpaired) electrons. The lowest BCUT2D eigenvalue weighted by Crippen LogP contribution is -2.42. The van der Waals surface area contributed by atoms with Crippen molar-refractivity contribution in [3.8, 4) is 0 Å². The molecule has 0 atom stereocenters. The van der Waals surface area contributed by atoms with Crippen LogP contribution in [0.2, 0.25) is 6.04 Å². The summed E-state index contributed by atoms with van der Waals surface area (Å²) in [4.78, 5) is 4.70. The van der Waals surface area contributed by atoms with Crippen LogP contribution in [-0.2, 0) is 19.7 Å². The van der Waals surface area contributed by atoms with Crippen LogP contribution >= 0.6 is 0 Å². The van der Waals surface area contributed by atoms with E-state index in [1.54, 1.807) is 21.3 Å². The summed E-state index contributed by atoms with van der Waals surface area (Å²) in [7, 11) is 2.60. The Balaban J connectivity index is 1.78. The van der Waals surface area contributed by atoms with Crippen LogP contribution in [0.25, 0.3) is 10.9 Å². The van der Waals surface area contributed by atoms with E-state index in [0.29, 0.717) is 0 Å². The zero-order valence-electron chi connectivity index (χ0n) is 13.7. The number of nitrogens with zero attached hydrogens (tertiary/aromatic N) is 1. The molecule has 1 heterocycles. The number of aryl methyl sites for hydroxylation is 1.